The fraction of sp³-hybridized carbons (Fsp3) is 0.0625. The molecule has 98 valence electrons. The summed E-state index contributed by atoms with van der Waals surface area (Å²) in [6.45, 7) is 2.01. The zero-order chi connectivity index (χ0) is 13.9. The van der Waals surface area contributed by atoms with Gasteiger partial charge < -0.3 is 0 Å². The molecule has 0 saturated heterocycles. The van der Waals surface area contributed by atoms with Crippen LogP contribution in [0.5, 0.6) is 0 Å². The van der Waals surface area contributed by atoms with E-state index in [0.29, 0.717) is 5.82 Å². The number of pyridine rings is 1. The first-order valence-corrected chi connectivity index (χ1v) is 6.31. The minimum absolute atomic E-state index is 0.101. The molecule has 3 rings (SSSR count). The third-order valence-electron chi connectivity index (χ3n) is 3.08. The van der Waals surface area contributed by atoms with Gasteiger partial charge in [-0.1, -0.05) is 17.7 Å². The summed E-state index contributed by atoms with van der Waals surface area (Å²) in [6.07, 6.45) is 4.91. The van der Waals surface area contributed by atoms with Crippen LogP contribution in [0.25, 0.3) is 17.1 Å². The van der Waals surface area contributed by atoms with Crippen LogP contribution in [0.4, 0.5) is 0 Å². The molecule has 0 radical (unpaired) electrons. The van der Waals surface area contributed by atoms with Crippen molar-refractivity contribution >= 4 is 0 Å². The molecule has 4 nitrogen and oxygen atoms in total. The van der Waals surface area contributed by atoms with Crippen molar-refractivity contribution in [2.45, 2.75) is 6.92 Å². The number of hydrogen-bond acceptors (Lipinski definition) is 3. The molecule has 2 heterocycles. The normalized spacial score (nSPS) is 10.4. The monoisotopic (exact) mass is 263 g/mol. The van der Waals surface area contributed by atoms with Gasteiger partial charge in [-0.3, -0.25) is 14.3 Å². The van der Waals surface area contributed by atoms with Crippen molar-refractivity contribution in [3.63, 3.8) is 0 Å². The third kappa shape index (κ3) is 2.23. The molecule has 4 heteroatoms. The summed E-state index contributed by atoms with van der Waals surface area (Å²) >= 11 is 0. The van der Waals surface area contributed by atoms with Gasteiger partial charge in [0.15, 0.2) is 0 Å². The quantitative estimate of drug-likeness (QED) is 0.714. The van der Waals surface area contributed by atoms with Gasteiger partial charge in [0.1, 0.15) is 5.82 Å². The van der Waals surface area contributed by atoms with Crippen LogP contribution < -0.4 is 5.56 Å². The Hall–Kier alpha value is -2.75. The summed E-state index contributed by atoms with van der Waals surface area (Å²) in [4.78, 5) is 20.5. The molecule has 1 aromatic carbocycles. The lowest BCUT2D eigenvalue weighted by atomic mass is 10.2. The van der Waals surface area contributed by atoms with E-state index in [4.69, 9.17) is 0 Å². The lowest BCUT2D eigenvalue weighted by Gasteiger charge is -2.11. The molecule has 0 amide bonds. The standard InChI is InChI=1S/C16H13N3O/c1-12-2-4-14(5-3-12)19-15(20)8-11-18-16(19)13-6-9-17-10-7-13/h2-11H,1H3. The lowest BCUT2D eigenvalue weighted by molar-refractivity contribution is 0.947. The van der Waals surface area contributed by atoms with Crippen molar-refractivity contribution in [1.29, 1.82) is 0 Å². The van der Waals surface area contributed by atoms with Gasteiger partial charge in [0.2, 0.25) is 0 Å². The highest BCUT2D eigenvalue weighted by Gasteiger charge is 2.09. The van der Waals surface area contributed by atoms with E-state index in [1.807, 2.05) is 43.3 Å². The Morgan fingerprint density at radius 3 is 2.30 bits per heavy atom. The Kier molecular flexibility index (Phi) is 3.13. The summed E-state index contributed by atoms with van der Waals surface area (Å²) in [5.74, 6) is 0.615. The van der Waals surface area contributed by atoms with Crippen LogP contribution in [0.15, 0.2) is 65.8 Å². The van der Waals surface area contributed by atoms with Gasteiger partial charge in [0.05, 0.1) is 5.69 Å². The minimum Gasteiger partial charge on any atom is -0.269 e. The van der Waals surface area contributed by atoms with E-state index < -0.39 is 0 Å². The highest BCUT2D eigenvalue weighted by Crippen LogP contribution is 2.18. The Bertz CT molecular complexity index is 777. The maximum absolute atomic E-state index is 12.2. The second-order valence-electron chi connectivity index (χ2n) is 4.51. The average molecular weight is 263 g/mol. The van der Waals surface area contributed by atoms with E-state index in [1.165, 1.54) is 12.3 Å². The highest BCUT2D eigenvalue weighted by atomic mass is 16.1. The van der Waals surface area contributed by atoms with Crippen molar-refractivity contribution in [2.75, 3.05) is 0 Å². The molecule has 0 spiro atoms. The molecular formula is C16H13N3O. The third-order valence-corrected chi connectivity index (χ3v) is 3.08. The predicted octanol–water partition coefficient (Wildman–Crippen LogP) is 2.60. The van der Waals surface area contributed by atoms with Gasteiger partial charge in [0.25, 0.3) is 5.56 Å². The second-order valence-corrected chi connectivity index (χ2v) is 4.51. The van der Waals surface area contributed by atoms with Crippen LogP contribution in [-0.2, 0) is 0 Å². The van der Waals surface area contributed by atoms with E-state index >= 15 is 0 Å². The smallest absolute Gasteiger partial charge is 0.258 e. The number of nitrogens with zero attached hydrogens (tertiary/aromatic N) is 3. The van der Waals surface area contributed by atoms with E-state index in [-0.39, 0.29) is 5.56 Å². The van der Waals surface area contributed by atoms with E-state index in [1.54, 1.807) is 17.0 Å². The molecule has 0 N–H and O–H groups in total. The molecule has 0 saturated carbocycles. The van der Waals surface area contributed by atoms with Crippen LogP contribution in [0.2, 0.25) is 0 Å². The predicted molar refractivity (Wildman–Crippen MR) is 77.8 cm³/mol. The van der Waals surface area contributed by atoms with Crippen molar-refractivity contribution < 1.29 is 0 Å². The first kappa shape index (κ1) is 12.3. The summed E-state index contributed by atoms with van der Waals surface area (Å²) in [5, 5.41) is 0. The number of aryl methyl sites for hydroxylation is 1. The van der Waals surface area contributed by atoms with Crippen molar-refractivity contribution in [3.8, 4) is 17.1 Å². The number of benzene rings is 1. The molecule has 0 fully saturated rings. The molecule has 0 aliphatic rings. The molecule has 0 aliphatic heterocycles. The van der Waals surface area contributed by atoms with E-state index in [9.17, 15) is 4.79 Å². The lowest BCUT2D eigenvalue weighted by Crippen LogP contribution is -2.20. The molecule has 3 aromatic rings. The Morgan fingerprint density at radius 2 is 1.60 bits per heavy atom. The van der Waals surface area contributed by atoms with Crippen LogP contribution in [-0.4, -0.2) is 14.5 Å². The zero-order valence-electron chi connectivity index (χ0n) is 11.0. The summed E-state index contributed by atoms with van der Waals surface area (Å²) in [5.41, 5.74) is 2.71. The number of hydrogen-bond donors (Lipinski definition) is 0. The molecule has 0 bridgehead atoms. The van der Waals surface area contributed by atoms with Gasteiger partial charge in [0, 0.05) is 30.2 Å². The maximum atomic E-state index is 12.2. The van der Waals surface area contributed by atoms with Gasteiger partial charge in [-0.25, -0.2) is 4.98 Å². The Morgan fingerprint density at radius 1 is 0.900 bits per heavy atom. The topological polar surface area (TPSA) is 47.8 Å². The molecular weight excluding hydrogens is 250 g/mol. The molecule has 0 aliphatic carbocycles. The van der Waals surface area contributed by atoms with E-state index in [2.05, 4.69) is 9.97 Å². The fourth-order valence-electron chi connectivity index (χ4n) is 2.06. The Balaban J connectivity index is 2.25. The SMILES string of the molecule is Cc1ccc(-n2c(-c3ccncc3)nccc2=O)cc1. The van der Waals surface area contributed by atoms with E-state index in [0.717, 1.165) is 16.8 Å². The van der Waals surface area contributed by atoms with Crippen LogP contribution in [0.3, 0.4) is 0 Å². The van der Waals surface area contributed by atoms with Crippen LogP contribution >= 0.6 is 0 Å². The number of aromatic nitrogens is 3. The van der Waals surface area contributed by atoms with Crippen LogP contribution in [0, 0.1) is 6.92 Å². The van der Waals surface area contributed by atoms with Gasteiger partial charge in [-0.05, 0) is 31.2 Å². The van der Waals surface area contributed by atoms with Crippen molar-refractivity contribution in [3.05, 3.63) is 77.0 Å². The Labute approximate surface area is 116 Å². The van der Waals surface area contributed by atoms with Crippen LogP contribution in [0.1, 0.15) is 5.56 Å². The summed E-state index contributed by atoms with van der Waals surface area (Å²) in [7, 11) is 0. The van der Waals surface area contributed by atoms with Crippen molar-refractivity contribution in [2.24, 2.45) is 0 Å². The number of rotatable bonds is 2. The molecule has 0 unspecified atom stereocenters. The first-order chi connectivity index (χ1) is 9.75. The highest BCUT2D eigenvalue weighted by molar-refractivity contribution is 5.57. The average Bonchev–Trinajstić information content (AvgIpc) is 2.49. The molecule has 0 atom stereocenters. The fourth-order valence-corrected chi connectivity index (χ4v) is 2.06. The van der Waals surface area contributed by atoms with Gasteiger partial charge in [-0.15, -0.1) is 0 Å². The second kappa shape index (κ2) is 5.09. The summed E-state index contributed by atoms with van der Waals surface area (Å²) < 4.78 is 1.61. The first-order valence-electron chi connectivity index (χ1n) is 6.31. The molecule has 20 heavy (non-hydrogen) atoms. The largest absolute Gasteiger partial charge is 0.269 e. The molecule has 2 aromatic heterocycles. The maximum Gasteiger partial charge on any atom is 0.258 e. The minimum atomic E-state index is -0.101. The van der Waals surface area contributed by atoms with Gasteiger partial charge >= 0.3 is 0 Å². The zero-order valence-corrected chi connectivity index (χ0v) is 11.0. The van der Waals surface area contributed by atoms with Crippen molar-refractivity contribution in [1.82, 2.24) is 14.5 Å². The summed E-state index contributed by atoms with van der Waals surface area (Å²) in [6, 6.07) is 12.9. The van der Waals surface area contributed by atoms with Gasteiger partial charge in [-0.2, -0.15) is 0 Å².